The van der Waals surface area contributed by atoms with Crippen molar-refractivity contribution < 1.29 is 16.8 Å². The van der Waals surface area contributed by atoms with Gasteiger partial charge in [0, 0.05) is 16.9 Å². The monoisotopic (exact) mass is 338 g/mol. The van der Waals surface area contributed by atoms with Crippen molar-refractivity contribution in [2.75, 3.05) is 6.26 Å². The summed E-state index contributed by atoms with van der Waals surface area (Å²) in [6.45, 7) is 0. The molecule has 1 aromatic rings. The lowest BCUT2D eigenvalue weighted by molar-refractivity contribution is 0.603. The molecule has 4 nitrogen and oxygen atoms in total. The van der Waals surface area contributed by atoms with Crippen molar-refractivity contribution in [2.24, 2.45) is 0 Å². The van der Waals surface area contributed by atoms with E-state index >= 15 is 0 Å². The molecule has 1 rings (SSSR count). The van der Waals surface area contributed by atoms with Crippen LogP contribution in [0.4, 0.5) is 0 Å². The van der Waals surface area contributed by atoms with Gasteiger partial charge in [-0.3, -0.25) is 0 Å². The van der Waals surface area contributed by atoms with Crippen LogP contribution in [0.1, 0.15) is 0 Å². The number of sulfone groups is 1. The van der Waals surface area contributed by atoms with E-state index in [1.165, 1.54) is 0 Å². The third-order valence-electron chi connectivity index (χ3n) is 1.26. The van der Waals surface area contributed by atoms with E-state index in [0.29, 0.717) is 0 Å². The standard InChI is InChI=1S/C5H4BrClO4S3/c1-13(8,9)4-2-3(5(6)12-4)14(7,10)11/h2H,1H3. The molecule has 0 radical (unpaired) electrons. The van der Waals surface area contributed by atoms with E-state index in [9.17, 15) is 16.8 Å². The first kappa shape index (κ1) is 12.4. The molecular weight excluding hydrogens is 336 g/mol. The van der Waals surface area contributed by atoms with Crippen LogP contribution < -0.4 is 0 Å². The van der Waals surface area contributed by atoms with E-state index < -0.39 is 18.9 Å². The zero-order chi connectivity index (χ0) is 11.1. The fourth-order valence-electron chi connectivity index (χ4n) is 0.681. The summed E-state index contributed by atoms with van der Waals surface area (Å²) < 4.78 is 44.2. The van der Waals surface area contributed by atoms with Crippen LogP contribution in [0.3, 0.4) is 0 Å². The summed E-state index contributed by atoms with van der Waals surface area (Å²) in [6, 6.07) is 1.03. The Hall–Kier alpha value is 0.370. The predicted molar refractivity (Wildman–Crippen MR) is 58.2 cm³/mol. The second kappa shape index (κ2) is 3.75. The van der Waals surface area contributed by atoms with Gasteiger partial charge in [-0.2, -0.15) is 0 Å². The van der Waals surface area contributed by atoms with Gasteiger partial charge < -0.3 is 0 Å². The zero-order valence-corrected chi connectivity index (χ0v) is 11.5. The van der Waals surface area contributed by atoms with E-state index in [0.717, 1.165) is 23.7 Å². The van der Waals surface area contributed by atoms with Crippen LogP contribution in [0, 0.1) is 0 Å². The second-order valence-electron chi connectivity index (χ2n) is 2.41. The van der Waals surface area contributed by atoms with Gasteiger partial charge in [-0.05, 0) is 22.0 Å². The maximum atomic E-state index is 11.1. The average Bonchev–Trinajstić information content (AvgIpc) is 2.27. The van der Waals surface area contributed by atoms with Gasteiger partial charge in [-0.25, -0.2) is 16.8 Å². The van der Waals surface area contributed by atoms with Crippen LogP contribution in [0.15, 0.2) is 19.0 Å². The molecule has 0 bridgehead atoms. The number of rotatable bonds is 2. The highest BCUT2D eigenvalue weighted by molar-refractivity contribution is 9.11. The first-order chi connectivity index (χ1) is 6.12. The lowest BCUT2D eigenvalue weighted by Crippen LogP contribution is -1.93. The summed E-state index contributed by atoms with van der Waals surface area (Å²) in [5.41, 5.74) is 0. The van der Waals surface area contributed by atoms with Gasteiger partial charge in [0.05, 0.1) is 3.79 Å². The van der Waals surface area contributed by atoms with Crippen molar-refractivity contribution in [3.63, 3.8) is 0 Å². The van der Waals surface area contributed by atoms with Gasteiger partial charge in [0.25, 0.3) is 9.05 Å². The molecule has 0 aromatic carbocycles. The Labute approximate surface area is 98.4 Å². The molecule has 9 heteroatoms. The Morgan fingerprint density at radius 2 is 1.86 bits per heavy atom. The van der Waals surface area contributed by atoms with Crippen LogP contribution in [0.5, 0.6) is 0 Å². The van der Waals surface area contributed by atoms with E-state index in [1.54, 1.807) is 0 Å². The van der Waals surface area contributed by atoms with Crippen molar-refractivity contribution in [1.29, 1.82) is 0 Å². The van der Waals surface area contributed by atoms with Gasteiger partial charge in [0.15, 0.2) is 9.84 Å². The van der Waals surface area contributed by atoms with Crippen LogP contribution in [0.25, 0.3) is 0 Å². The summed E-state index contributed by atoms with van der Waals surface area (Å²) in [5, 5.41) is 0. The summed E-state index contributed by atoms with van der Waals surface area (Å²) in [5.74, 6) is 0. The van der Waals surface area contributed by atoms with Crippen molar-refractivity contribution in [2.45, 2.75) is 9.10 Å². The minimum Gasteiger partial charge on any atom is -0.223 e. The highest BCUT2D eigenvalue weighted by atomic mass is 79.9. The SMILES string of the molecule is CS(=O)(=O)c1cc(S(=O)(=O)Cl)c(Br)s1. The molecule has 0 N–H and O–H groups in total. The summed E-state index contributed by atoms with van der Waals surface area (Å²) in [7, 11) is -2.22. The summed E-state index contributed by atoms with van der Waals surface area (Å²) in [6.07, 6.45) is 0.996. The molecule has 0 unspecified atom stereocenters. The first-order valence-electron chi connectivity index (χ1n) is 3.06. The fourth-order valence-corrected chi connectivity index (χ4v) is 5.82. The molecule has 0 atom stereocenters. The molecule has 0 aliphatic rings. The molecule has 1 aromatic heterocycles. The largest absolute Gasteiger partial charge is 0.263 e. The molecular formula is C5H4BrClO4S3. The van der Waals surface area contributed by atoms with Crippen molar-refractivity contribution in [1.82, 2.24) is 0 Å². The molecule has 0 fully saturated rings. The predicted octanol–water partition coefficient (Wildman–Crippen LogP) is 1.84. The molecule has 0 amide bonds. The van der Waals surface area contributed by atoms with Gasteiger partial charge in [0.1, 0.15) is 9.10 Å². The van der Waals surface area contributed by atoms with Crippen molar-refractivity contribution >= 4 is 56.8 Å². The number of halogens is 2. The van der Waals surface area contributed by atoms with Gasteiger partial charge in [0.2, 0.25) is 0 Å². The average molecular weight is 340 g/mol. The Morgan fingerprint density at radius 3 is 2.07 bits per heavy atom. The molecule has 80 valence electrons. The van der Waals surface area contributed by atoms with Crippen molar-refractivity contribution in [3.8, 4) is 0 Å². The second-order valence-corrected chi connectivity index (χ2v) is 9.56. The molecule has 0 spiro atoms. The minimum atomic E-state index is -3.90. The van der Waals surface area contributed by atoms with Crippen LogP contribution in [0.2, 0.25) is 0 Å². The maximum Gasteiger partial charge on any atom is 0.263 e. The molecule has 14 heavy (non-hydrogen) atoms. The summed E-state index contributed by atoms with van der Waals surface area (Å²) in [4.78, 5) is -0.218. The highest BCUT2D eigenvalue weighted by Gasteiger charge is 2.22. The molecule has 0 aliphatic heterocycles. The fraction of sp³-hybridized carbons (Fsp3) is 0.200. The number of hydrogen-bond donors (Lipinski definition) is 0. The summed E-state index contributed by atoms with van der Waals surface area (Å²) >= 11 is 3.75. The Kier molecular flexibility index (Phi) is 3.33. The normalized spacial score (nSPS) is 13.1. The lowest BCUT2D eigenvalue weighted by atomic mass is 10.7. The smallest absolute Gasteiger partial charge is 0.223 e. The molecule has 0 aliphatic carbocycles. The van der Waals surface area contributed by atoms with Gasteiger partial charge >= 0.3 is 0 Å². The van der Waals surface area contributed by atoms with Crippen molar-refractivity contribution in [3.05, 3.63) is 9.85 Å². The third-order valence-corrected chi connectivity index (χ3v) is 6.64. The maximum absolute atomic E-state index is 11.1. The molecule has 0 saturated carbocycles. The molecule has 0 saturated heterocycles. The van der Waals surface area contributed by atoms with Gasteiger partial charge in [-0.1, -0.05) is 0 Å². The lowest BCUT2D eigenvalue weighted by Gasteiger charge is -1.89. The van der Waals surface area contributed by atoms with Crippen LogP contribution in [-0.4, -0.2) is 23.1 Å². The number of hydrogen-bond acceptors (Lipinski definition) is 5. The van der Waals surface area contributed by atoms with E-state index in [2.05, 4.69) is 15.9 Å². The quantitative estimate of drug-likeness (QED) is 0.771. The van der Waals surface area contributed by atoms with Gasteiger partial charge in [-0.15, -0.1) is 11.3 Å². The van der Waals surface area contributed by atoms with E-state index in [-0.39, 0.29) is 12.9 Å². The number of thiophene rings is 1. The van der Waals surface area contributed by atoms with E-state index in [1.807, 2.05) is 0 Å². The van der Waals surface area contributed by atoms with Crippen LogP contribution in [-0.2, 0) is 18.9 Å². The zero-order valence-electron chi connectivity index (χ0n) is 6.69. The Morgan fingerprint density at radius 1 is 1.36 bits per heavy atom. The first-order valence-corrected chi connectivity index (χ1v) is 8.87. The molecule has 1 heterocycles. The topological polar surface area (TPSA) is 68.3 Å². The van der Waals surface area contributed by atoms with E-state index in [4.69, 9.17) is 10.7 Å². The minimum absolute atomic E-state index is 0.0383. The third kappa shape index (κ3) is 2.69. The Balaban J connectivity index is 3.49. The Bertz CT molecular complexity index is 556. The van der Waals surface area contributed by atoms with Crippen LogP contribution >= 0.6 is 37.9 Å². The highest BCUT2D eigenvalue weighted by Crippen LogP contribution is 2.35.